The molecule has 14 heavy (non-hydrogen) atoms. The van der Waals surface area contributed by atoms with Gasteiger partial charge in [0.05, 0.1) is 13.2 Å². The molecular weight excluding hydrogens is 182 g/mol. The summed E-state index contributed by atoms with van der Waals surface area (Å²) in [7, 11) is 0. The number of ether oxygens (including phenoxy) is 1. The lowest BCUT2D eigenvalue weighted by Gasteiger charge is -2.31. The Labute approximate surface area is 85.6 Å². The van der Waals surface area contributed by atoms with E-state index in [1.807, 2.05) is 13.8 Å². The summed E-state index contributed by atoms with van der Waals surface area (Å²) in [5.74, 6) is -0.546. The molecule has 0 aromatic heterocycles. The summed E-state index contributed by atoms with van der Waals surface area (Å²) in [6, 6.07) is 0.152. The maximum absolute atomic E-state index is 5.58. The molecule has 4 heteroatoms. The van der Waals surface area contributed by atoms with E-state index in [0.717, 1.165) is 32.3 Å². The predicted molar refractivity (Wildman–Crippen MR) is 53.5 cm³/mol. The second kappa shape index (κ2) is 5.66. The Morgan fingerprint density at radius 3 is 2.86 bits per heavy atom. The van der Waals surface area contributed by atoms with Crippen LogP contribution in [0.5, 0.6) is 0 Å². The maximum Gasteiger partial charge on any atom is 0.198 e. The summed E-state index contributed by atoms with van der Waals surface area (Å²) in [6.07, 6.45) is 3.94. The van der Waals surface area contributed by atoms with E-state index in [1.165, 1.54) is 0 Å². The zero-order valence-electron chi connectivity index (χ0n) is 9.12. The Balaban J connectivity index is 2.09. The monoisotopic (exact) mass is 203 g/mol. The van der Waals surface area contributed by atoms with E-state index in [0.29, 0.717) is 6.61 Å². The zero-order chi connectivity index (χ0) is 10.4. The standard InChI is InChI=1S/C10H21NO3/c1-9(11)5-8-13-14-10(2)6-3-4-7-12-10/h9H,3-8,11H2,1-2H3/t9-,10?/m1/s1. The Morgan fingerprint density at radius 2 is 2.29 bits per heavy atom. The van der Waals surface area contributed by atoms with E-state index in [2.05, 4.69) is 0 Å². The lowest BCUT2D eigenvalue weighted by atomic mass is 10.1. The van der Waals surface area contributed by atoms with Gasteiger partial charge in [-0.1, -0.05) is 0 Å². The molecule has 0 aliphatic carbocycles. The highest BCUT2D eigenvalue weighted by Crippen LogP contribution is 2.25. The van der Waals surface area contributed by atoms with Gasteiger partial charge in [0, 0.05) is 12.5 Å². The highest BCUT2D eigenvalue weighted by Gasteiger charge is 2.29. The number of hydrogen-bond acceptors (Lipinski definition) is 4. The molecule has 2 atom stereocenters. The van der Waals surface area contributed by atoms with Crippen LogP contribution in [-0.4, -0.2) is 25.0 Å². The second-order valence-corrected chi connectivity index (χ2v) is 4.11. The van der Waals surface area contributed by atoms with E-state index < -0.39 is 5.79 Å². The largest absolute Gasteiger partial charge is 0.348 e. The molecule has 1 saturated heterocycles. The summed E-state index contributed by atoms with van der Waals surface area (Å²) in [4.78, 5) is 10.3. The van der Waals surface area contributed by atoms with Gasteiger partial charge >= 0.3 is 0 Å². The summed E-state index contributed by atoms with van der Waals surface area (Å²) < 4.78 is 5.49. The first-order valence-electron chi connectivity index (χ1n) is 5.32. The van der Waals surface area contributed by atoms with Crippen LogP contribution >= 0.6 is 0 Å². The van der Waals surface area contributed by atoms with Crippen LogP contribution < -0.4 is 5.73 Å². The predicted octanol–water partition coefficient (Wildman–Crippen LogP) is 1.59. The molecular formula is C10H21NO3. The van der Waals surface area contributed by atoms with Gasteiger partial charge in [-0.05, 0) is 33.1 Å². The van der Waals surface area contributed by atoms with Crippen LogP contribution in [0.4, 0.5) is 0 Å². The van der Waals surface area contributed by atoms with Crippen molar-refractivity contribution in [1.29, 1.82) is 0 Å². The van der Waals surface area contributed by atoms with Gasteiger partial charge in [0.25, 0.3) is 0 Å². The molecule has 0 bridgehead atoms. The average molecular weight is 203 g/mol. The van der Waals surface area contributed by atoms with Gasteiger partial charge in [-0.2, -0.15) is 0 Å². The first-order valence-corrected chi connectivity index (χ1v) is 5.32. The van der Waals surface area contributed by atoms with Crippen molar-refractivity contribution in [1.82, 2.24) is 0 Å². The molecule has 0 aromatic carbocycles. The third-order valence-electron chi connectivity index (χ3n) is 2.32. The Hall–Kier alpha value is -0.160. The first kappa shape index (κ1) is 11.9. The zero-order valence-corrected chi connectivity index (χ0v) is 9.12. The second-order valence-electron chi connectivity index (χ2n) is 4.11. The van der Waals surface area contributed by atoms with Gasteiger partial charge in [0.1, 0.15) is 0 Å². The third-order valence-corrected chi connectivity index (χ3v) is 2.32. The van der Waals surface area contributed by atoms with Crippen molar-refractivity contribution >= 4 is 0 Å². The summed E-state index contributed by atoms with van der Waals surface area (Å²) >= 11 is 0. The van der Waals surface area contributed by atoms with Crippen molar-refractivity contribution in [3.63, 3.8) is 0 Å². The van der Waals surface area contributed by atoms with Gasteiger partial charge in [-0.25, -0.2) is 9.78 Å². The molecule has 0 spiro atoms. The minimum Gasteiger partial charge on any atom is -0.348 e. The van der Waals surface area contributed by atoms with Crippen LogP contribution in [0.3, 0.4) is 0 Å². The minimum atomic E-state index is -0.546. The van der Waals surface area contributed by atoms with Crippen LogP contribution in [-0.2, 0) is 14.5 Å². The number of nitrogens with two attached hydrogens (primary N) is 1. The van der Waals surface area contributed by atoms with Crippen molar-refractivity contribution in [2.24, 2.45) is 5.73 Å². The van der Waals surface area contributed by atoms with E-state index >= 15 is 0 Å². The van der Waals surface area contributed by atoms with E-state index in [1.54, 1.807) is 0 Å². The third kappa shape index (κ3) is 4.37. The van der Waals surface area contributed by atoms with Crippen molar-refractivity contribution in [2.75, 3.05) is 13.2 Å². The van der Waals surface area contributed by atoms with E-state index in [9.17, 15) is 0 Å². The van der Waals surface area contributed by atoms with Crippen LogP contribution in [0.1, 0.15) is 39.5 Å². The molecule has 0 radical (unpaired) electrons. The van der Waals surface area contributed by atoms with Crippen LogP contribution in [0.2, 0.25) is 0 Å². The molecule has 0 aromatic rings. The molecule has 84 valence electrons. The van der Waals surface area contributed by atoms with Crippen molar-refractivity contribution < 1.29 is 14.5 Å². The highest BCUT2D eigenvalue weighted by atomic mass is 17.2. The molecule has 1 aliphatic heterocycles. The van der Waals surface area contributed by atoms with Crippen molar-refractivity contribution in [3.8, 4) is 0 Å². The van der Waals surface area contributed by atoms with Crippen LogP contribution in [0.15, 0.2) is 0 Å². The van der Waals surface area contributed by atoms with Gasteiger partial charge in [-0.3, -0.25) is 0 Å². The fourth-order valence-electron chi connectivity index (χ4n) is 1.37. The molecule has 1 fully saturated rings. The molecule has 2 N–H and O–H groups in total. The normalized spacial score (nSPS) is 30.2. The van der Waals surface area contributed by atoms with Crippen LogP contribution in [0, 0.1) is 0 Å². The average Bonchev–Trinajstić information content (AvgIpc) is 2.14. The first-order chi connectivity index (χ1) is 6.62. The molecule has 0 saturated carbocycles. The Bertz CT molecular complexity index is 155. The quantitative estimate of drug-likeness (QED) is 0.419. The fourth-order valence-corrected chi connectivity index (χ4v) is 1.37. The molecule has 1 rings (SSSR count). The topological polar surface area (TPSA) is 53.7 Å². The maximum atomic E-state index is 5.58. The smallest absolute Gasteiger partial charge is 0.198 e. The minimum absolute atomic E-state index is 0.152. The summed E-state index contributed by atoms with van der Waals surface area (Å²) in [5.41, 5.74) is 5.58. The number of rotatable bonds is 5. The van der Waals surface area contributed by atoms with Gasteiger partial charge < -0.3 is 10.5 Å². The van der Waals surface area contributed by atoms with Gasteiger partial charge in [0.2, 0.25) is 0 Å². The SMILES string of the molecule is C[C@@H](N)CCOOC1(C)CCCCO1. The van der Waals surface area contributed by atoms with Crippen molar-refractivity contribution in [2.45, 2.75) is 51.4 Å². The van der Waals surface area contributed by atoms with Crippen molar-refractivity contribution in [3.05, 3.63) is 0 Å². The molecule has 1 heterocycles. The lowest BCUT2D eigenvalue weighted by molar-refractivity contribution is -0.430. The van der Waals surface area contributed by atoms with E-state index in [-0.39, 0.29) is 6.04 Å². The Morgan fingerprint density at radius 1 is 1.50 bits per heavy atom. The summed E-state index contributed by atoms with van der Waals surface area (Å²) in [5, 5.41) is 0. The molecule has 0 amide bonds. The van der Waals surface area contributed by atoms with Crippen LogP contribution in [0.25, 0.3) is 0 Å². The molecule has 4 nitrogen and oxygen atoms in total. The number of hydrogen-bond donors (Lipinski definition) is 1. The molecule has 1 aliphatic rings. The van der Waals surface area contributed by atoms with E-state index in [4.69, 9.17) is 20.2 Å². The lowest BCUT2D eigenvalue weighted by Crippen LogP contribution is -2.36. The highest BCUT2D eigenvalue weighted by molar-refractivity contribution is 4.66. The molecule has 1 unspecified atom stereocenters. The van der Waals surface area contributed by atoms with Gasteiger partial charge in [0.15, 0.2) is 5.79 Å². The fraction of sp³-hybridized carbons (Fsp3) is 1.00. The summed E-state index contributed by atoms with van der Waals surface area (Å²) in [6.45, 7) is 5.14. The van der Waals surface area contributed by atoms with Gasteiger partial charge in [-0.15, -0.1) is 0 Å². The Kier molecular flexibility index (Phi) is 4.81.